The Bertz CT molecular complexity index is 437. The van der Waals surface area contributed by atoms with Crippen molar-refractivity contribution in [1.82, 2.24) is 9.78 Å². The first-order valence-corrected chi connectivity index (χ1v) is 8.12. The molecule has 0 radical (unpaired) electrons. The van der Waals surface area contributed by atoms with Gasteiger partial charge in [-0.2, -0.15) is 5.10 Å². The minimum atomic E-state index is 0.0644. The van der Waals surface area contributed by atoms with Crippen LogP contribution < -0.4 is 5.73 Å². The largest absolute Gasteiger partial charge is 0.322 e. The highest BCUT2D eigenvalue weighted by Gasteiger charge is 2.38. The van der Waals surface area contributed by atoms with Crippen LogP contribution in [-0.4, -0.2) is 9.78 Å². The molecule has 108 valence electrons. The van der Waals surface area contributed by atoms with Crippen molar-refractivity contribution in [3.05, 3.63) is 16.4 Å². The Morgan fingerprint density at radius 1 is 1.42 bits per heavy atom. The summed E-state index contributed by atoms with van der Waals surface area (Å²) < 4.78 is 3.12. The highest BCUT2D eigenvalue weighted by molar-refractivity contribution is 9.10. The van der Waals surface area contributed by atoms with Gasteiger partial charge in [0, 0.05) is 6.04 Å². The molecule has 1 aromatic heterocycles. The molecule has 0 amide bonds. The van der Waals surface area contributed by atoms with Crippen molar-refractivity contribution in [3.63, 3.8) is 0 Å². The summed E-state index contributed by atoms with van der Waals surface area (Å²) in [5, 5.41) is 4.47. The topological polar surface area (TPSA) is 43.8 Å². The zero-order chi connectivity index (χ0) is 14.2. The number of hydrogen-bond donors (Lipinski definition) is 1. The van der Waals surface area contributed by atoms with E-state index in [1.54, 1.807) is 0 Å². The predicted molar refractivity (Wildman–Crippen MR) is 83.0 cm³/mol. The van der Waals surface area contributed by atoms with Gasteiger partial charge in [-0.3, -0.25) is 4.68 Å². The van der Waals surface area contributed by atoms with Crippen molar-refractivity contribution in [1.29, 1.82) is 0 Å². The highest BCUT2D eigenvalue weighted by atomic mass is 79.9. The lowest BCUT2D eigenvalue weighted by molar-refractivity contribution is 0.109. The van der Waals surface area contributed by atoms with E-state index in [1.165, 1.54) is 25.7 Å². The second-order valence-electron chi connectivity index (χ2n) is 6.78. The Morgan fingerprint density at radius 3 is 2.68 bits per heavy atom. The van der Waals surface area contributed by atoms with Gasteiger partial charge < -0.3 is 5.73 Å². The van der Waals surface area contributed by atoms with E-state index in [9.17, 15) is 0 Å². The minimum absolute atomic E-state index is 0.0644. The summed E-state index contributed by atoms with van der Waals surface area (Å²) in [6.07, 6.45) is 7.02. The van der Waals surface area contributed by atoms with Gasteiger partial charge in [0.25, 0.3) is 0 Å². The Morgan fingerprint density at radius 2 is 2.11 bits per heavy atom. The summed E-state index contributed by atoms with van der Waals surface area (Å²) >= 11 is 3.63. The second-order valence-corrected chi connectivity index (χ2v) is 7.64. The van der Waals surface area contributed by atoms with Crippen LogP contribution in [0, 0.1) is 11.3 Å². The zero-order valence-electron chi connectivity index (χ0n) is 12.5. The van der Waals surface area contributed by atoms with Gasteiger partial charge >= 0.3 is 0 Å². The summed E-state index contributed by atoms with van der Waals surface area (Å²) in [5.41, 5.74) is 8.12. The van der Waals surface area contributed by atoms with Crippen LogP contribution in [0.1, 0.15) is 71.2 Å². The normalized spacial score (nSPS) is 24.7. The molecule has 1 aromatic rings. The predicted octanol–water partition coefficient (Wildman–Crippen LogP) is 4.44. The van der Waals surface area contributed by atoms with Gasteiger partial charge in [-0.1, -0.05) is 26.7 Å². The van der Waals surface area contributed by atoms with Crippen molar-refractivity contribution < 1.29 is 0 Å². The third-order valence-electron chi connectivity index (χ3n) is 4.62. The average molecular weight is 328 g/mol. The van der Waals surface area contributed by atoms with E-state index in [0.717, 1.165) is 10.2 Å². The van der Waals surface area contributed by atoms with Crippen molar-refractivity contribution in [2.24, 2.45) is 17.1 Å². The van der Waals surface area contributed by atoms with Gasteiger partial charge in [0.15, 0.2) is 0 Å². The maximum Gasteiger partial charge on any atom is 0.0699 e. The van der Waals surface area contributed by atoms with Crippen molar-refractivity contribution >= 4 is 15.9 Å². The average Bonchev–Trinajstić information content (AvgIpc) is 2.70. The molecule has 2 N–H and O–H groups in total. The van der Waals surface area contributed by atoms with Gasteiger partial charge in [0.05, 0.1) is 22.4 Å². The second kappa shape index (κ2) is 5.57. The van der Waals surface area contributed by atoms with E-state index in [-0.39, 0.29) is 6.04 Å². The van der Waals surface area contributed by atoms with Crippen LogP contribution in [0.4, 0.5) is 0 Å². The molecule has 0 saturated heterocycles. The van der Waals surface area contributed by atoms with Crippen LogP contribution in [0.25, 0.3) is 0 Å². The maximum absolute atomic E-state index is 6.64. The fraction of sp³-hybridized carbons (Fsp3) is 0.800. The number of hydrogen-bond acceptors (Lipinski definition) is 2. The molecular weight excluding hydrogens is 302 g/mol. The van der Waals surface area contributed by atoms with Crippen LogP contribution in [0.2, 0.25) is 0 Å². The fourth-order valence-electron chi connectivity index (χ4n) is 3.45. The summed E-state index contributed by atoms with van der Waals surface area (Å²) in [7, 11) is 0. The van der Waals surface area contributed by atoms with E-state index < -0.39 is 0 Å². The molecule has 1 aliphatic carbocycles. The fourth-order valence-corrected chi connectivity index (χ4v) is 3.99. The molecule has 0 aromatic carbocycles. The molecule has 19 heavy (non-hydrogen) atoms. The minimum Gasteiger partial charge on any atom is -0.322 e. The number of aromatic nitrogens is 2. The summed E-state index contributed by atoms with van der Waals surface area (Å²) in [6, 6.07) is 0.411. The molecule has 4 heteroatoms. The van der Waals surface area contributed by atoms with Gasteiger partial charge in [-0.05, 0) is 54.0 Å². The highest BCUT2D eigenvalue weighted by Crippen LogP contribution is 2.47. The maximum atomic E-state index is 6.64. The van der Waals surface area contributed by atoms with Gasteiger partial charge in [0.1, 0.15) is 0 Å². The zero-order valence-corrected chi connectivity index (χ0v) is 14.1. The first kappa shape index (κ1) is 15.0. The lowest BCUT2D eigenvalue weighted by Gasteiger charge is -2.42. The molecule has 0 spiro atoms. The summed E-state index contributed by atoms with van der Waals surface area (Å²) in [6.45, 7) is 9.03. The van der Waals surface area contributed by atoms with Gasteiger partial charge in [-0.15, -0.1) is 0 Å². The number of nitrogens with two attached hydrogens (primary N) is 1. The first-order valence-electron chi connectivity index (χ1n) is 7.33. The lowest BCUT2D eigenvalue weighted by atomic mass is 9.65. The third kappa shape index (κ3) is 2.89. The van der Waals surface area contributed by atoms with Crippen LogP contribution >= 0.6 is 15.9 Å². The molecule has 0 aliphatic heterocycles. The van der Waals surface area contributed by atoms with E-state index >= 15 is 0 Å². The monoisotopic (exact) mass is 327 g/mol. The van der Waals surface area contributed by atoms with Crippen molar-refractivity contribution in [3.8, 4) is 0 Å². The number of rotatable bonds is 3. The third-order valence-corrected chi connectivity index (χ3v) is 5.23. The molecule has 2 unspecified atom stereocenters. The van der Waals surface area contributed by atoms with E-state index in [4.69, 9.17) is 5.73 Å². The Labute approximate surface area is 125 Å². The van der Waals surface area contributed by atoms with Crippen LogP contribution in [0.15, 0.2) is 10.7 Å². The summed E-state index contributed by atoms with van der Waals surface area (Å²) in [4.78, 5) is 0. The molecule has 1 heterocycles. The molecular formula is C15H26BrN3. The van der Waals surface area contributed by atoms with Crippen LogP contribution in [-0.2, 0) is 0 Å². The molecule has 2 atom stereocenters. The Kier molecular flexibility index (Phi) is 4.41. The summed E-state index contributed by atoms with van der Waals surface area (Å²) in [5.74, 6) is 0.534. The molecule has 0 bridgehead atoms. The van der Waals surface area contributed by atoms with Crippen molar-refractivity contribution in [2.45, 2.75) is 65.5 Å². The lowest BCUT2D eigenvalue weighted by Crippen LogP contribution is -2.37. The quantitative estimate of drug-likeness (QED) is 0.891. The standard InChI is InChI=1S/C15H26BrN3/c1-10(2)19-14(12(16)9-18-19)13(17)11-7-5-6-8-15(11,3)4/h9-11,13H,5-8,17H2,1-4H3. The smallest absolute Gasteiger partial charge is 0.0699 e. The molecule has 3 nitrogen and oxygen atoms in total. The van der Waals surface area contributed by atoms with E-state index in [1.807, 2.05) is 6.20 Å². The van der Waals surface area contributed by atoms with Gasteiger partial charge in [-0.25, -0.2) is 0 Å². The SMILES string of the molecule is CC(C)n1ncc(Br)c1C(N)C1CCCCC1(C)C. The number of halogens is 1. The van der Waals surface area contributed by atoms with E-state index in [2.05, 4.69) is 53.4 Å². The first-order chi connectivity index (χ1) is 8.84. The van der Waals surface area contributed by atoms with Crippen molar-refractivity contribution in [2.75, 3.05) is 0 Å². The molecule has 2 rings (SSSR count). The molecule has 1 saturated carbocycles. The van der Waals surface area contributed by atoms with Crippen LogP contribution in [0.3, 0.4) is 0 Å². The van der Waals surface area contributed by atoms with E-state index in [0.29, 0.717) is 17.4 Å². The number of nitrogens with zero attached hydrogens (tertiary/aromatic N) is 2. The molecule has 1 fully saturated rings. The Hall–Kier alpha value is -0.350. The van der Waals surface area contributed by atoms with Crippen LogP contribution in [0.5, 0.6) is 0 Å². The van der Waals surface area contributed by atoms with Gasteiger partial charge in [0.2, 0.25) is 0 Å². The molecule has 1 aliphatic rings. The Balaban J connectivity index is 2.33.